The first kappa shape index (κ1) is 19.3. The number of amides is 1. The predicted molar refractivity (Wildman–Crippen MR) is 109 cm³/mol. The van der Waals surface area contributed by atoms with E-state index in [0.29, 0.717) is 19.2 Å². The van der Waals surface area contributed by atoms with Crippen LogP contribution in [0.25, 0.3) is 16.5 Å². The molecule has 1 N–H and O–H groups in total. The summed E-state index contributed by atoms with van der Waals surface area (Å²) < 4.78 is 43.1. The van der Waals surface area contributed by atoms with Crippen molar-refractivity contribution in [3.05, 3.63) is 76.1 Å². The summed E-state index contributed by atoms with van der Waals surface area (Å²) in [7, 11) is 0. The Kier molecular flexibility index (Phi) is 4.94. The Morgan fingerprint density at radius 2 is 1.83 bits per heavy atom. The quantitative estimate of drug-likeness (QED) is 0.322. The zero-order chi connectivity index (χ0) is 20.6. The third-order valence-electron chi connectivity index (χ3n) is 4.14. The summed E-state index contributed by atoms with van der Waals surface area (Å²) in [4.78, 5) is 20.6. The van der Waals surface area contributed by atoms with Gasteiger partial charge in [0.2, 0.25) is 0 Å². The highest BCUT2D eigenvalue weighted by atomic mass is 127. The number of halogens is 4. The molecule has 29 heavy (non-hydrogen) atoms. The number of pyridine rings is 2. The summed E-state index contributed by atoms with van der Waals surface area (Å²) in [6.07, 6.45) is 0.290. The second-order valence-electron chi connectivity index (χ2n) is 6.02. The van der Waals surface area contributed by atoms with Crippen molar-refractivity contribution in [2.45, 2.75) is 6.18 Å². The van der Waals surface area contributed by atoms with Crippen molar-refractivity contribution in [1.29, 1.82) is 0 Å². The van der Waals surface area contributed by atoms with Crippen LogP contribution in [0.4, 0.5) is 18.9 Å². The van der Waals surface area contributed by atoms with E-state index in [4.69, 9.17) is 0 Å². The molecule has 0 aliphatic heterocycles. The first-order chi connectivity index (χ1) is 13.8. The van der Waals surface area contributed by atoms with Crippen molar-refractivity contribution in [3.63, 3.8) is 0 Å². The van der Waals surface area contributed by atoms with Gasteiger partial charge in [0, 0.05) is 17.0 Å². The van der Waals surface area contributed by atoms with Gasteiger partial charge in [-0.3, -0.25) is 9.78 Å². The van der Waals surface area contributed by atoms with Crippen molar-refractivity contribution in [2.24, 2.45) is 0 Å². The van der Waals surface area contributed by atoms with Gasteiger partial charge in [0.05, 0.1) is 35.5 Å². The van der Waals surface area contributed by atoms with E-state index in [9.17, 15) is 18.0 Å². The largest absolute Gasteiger partial charge is 0.434 e. The van der Waals surface area contributed by atoms with E-state index in [2.05, 4.69) is 20.4 Å². The molecule has 0 fully saturated rings. The highest BCUT2D eigenvalue weighted by molar-refractivity contribution is 14.1. The molecule has 0 atom stereocenters. The highest BCUT2D eigenvalue weighted by Crippen LogP contribution is 2.35. The molecule has 0 spiro atoms. The monoisotopic (exact) mass is 509 g/mol. The van der Waals surface area contributed by atoms with Crippen molar-refractivity contribution in [2.75, 3.05) is 5.32 Å². The Bertz CT molecular complexity index is 1200. The first-order valence-corrected chi connectivity index (χ1v) is 9.34. The maximum Gasteiger partial charge on any atom is 0.434 e. The van der Waals surface area contributed by atoms with Gasteiger partial charge in [-0.2, -0.15) is 18.3 Å². The fraction of sp³-hybridized carbons (Fsp3) is 0.0526. The third kappa shape index (κ3) is 3.79. The van der Waals surface area contributed by atoms with Crippen LogP contribution in [-0.4, -0.2) is 25.7 Å². The summed E-state index contributed by atoms with van der Waals surface area (Å²) in [6, 6.07) is 10.1. The lowest BCUT2D eigenvalue weighted by molar-refractivity contribution is -0.143. The number of nitrogens with zero attached hydrogens (tertiary/aromatic N) is 4. The van der Waals surface area contributed by atoms with Crippen LogP contribution in [0.5, 0.6) is 0 Å². The van der Waals surface area contributed by atoms with Crippen LogP contribution >= 0.6 is 22.6 Å². The van der Waals surface area contributed by atoms with Gasteiger partial charge < -0.3 is 5.32 Å². The molecule has 146 valence electrons. The Hall–Kier alpha value is -3.02. The zero-order valence-electron chi connectivity index (χ0n) is 14.5. The van der Waals surface area contributed by atoms with Gasteiger partial charge in [0.1, 0.15) is 3.70 Å². The Morgan fingerprint density at radius 3 is 2.55 bits per heavy atom. The Morgan fingerprint density at radius 1 is 1.03 bits per heavy atom. The molecule has 0 radical (unpaired) electrons. The molecule has 1 amide bonds. The lowest BCUT2D eigenvalue weighted by Crippen LogP contribution is -2.21. The van der Waals surface area contributed by atoms with E-state index >= 15 is 0 Å². The second kappa shape index (κ2) is 7.43. The van der Waals surface area contributed by atoms with Gasteiger partial charge in [-0.05, 0) is 34.7 Å². The van der Waals surface area contributed by atoms with Gasteiger partial charge in [0.25, 0.3) is 5.91 Å². The van der Waals surface area contributed by atoms with Crippen LogP contribution < -0.4 is 5.32 Å². The van der Waals surface area contributed by atoms with Gasteiger partial charge in [-0.15, -0.1) is 0 Å². The van der Waals surface area contributed by atoms with Crippen LogP contribution in [0, 0.1) is 3.70 Å². The van der Waals surface area contributed by atoms with E-state index in [0.717, 1.165) is 6.20 Å². The molecule has 0 aliphatic rings. The molecule has 0 saturated heterocycles. The molecule has 0 aliphatic carbocycles. The number of carbonyl (C=O) groups is 1. The lowest BCUT2D eigenvalue weighted by atomic mass is 10.1. The Balaban J connectivity index is 1.82. The number of rotatable bonds is 3. The van der Waals surface area contributed by atoms with Crippen molar-refractivity contribution in [3.8, 4) is 5.69 Å². The minimum absolute atomic E-state index is 0.130. The van der Waals surface area contributed by atoms with Gasteiger partial charge in [-0.1, -0.05) is 24.3 Å². The first-order valence-electron chi connectivity index (χ1n) is 8.26. The van der Waals surface area contributed by atoms with Crippen LogP contribution in [0.2, 0.25) is 0 Å². The van der Waals surface area contributed by atoms with E-state index in [1.54, 1.807) is 42.6 Å². The summed E-state index contributed by atoms with van der Waals surface area (Å²) in [5.41, 5.74) is -1.36. The molecule has 1 aromatic carbocycles. The number of carbonyl (C=O) groups excluding carboxylic acids is 1. The van der Waals surface area contributed by atoms with Crippen LogP contribution in [0.15, 0.2) is 61.2 Å². The number of hydrogen-bond donors (Lipinski definition) is 1. The molecule has 3 heterocycles. The van der Waals surface area contributed by atoms with Crippen LogP contribution in [0.1, 0.15) is 16.1 Å². The number of aromatic nitrogens is 4. The van der Waals surface area contributed by atoms with E-state index in [1.807, 2.05) is 22.6 Å². The number of alkyl halides is 3. The molecule has 4 rings (SSSR count). The molecule has 3 aromatic heterocycles. The van der Waals surface area contributed by atoms with Gasteiger partial charge in [-0.25, -0.2) is 9.67 Å². The SMILES string of the molecule is O=C(Nc1ccc(I)nc1)c1cnn(-c2cncc3ccccc23)c1C(F)(F)F. The average Bonchev–Trinajstić information content (AvgIpc) is 3.15. The van der Waals surface area contributed by atoms with E-state index in [1.165, 1.54) is 12.4 Å². The summed E-state index contributed by atoms with van der Waals surface area (Å²) >= 11 is 1.98. The molecule has 6 nitrogen and oxygen atoms in total. The molecule has 0 bridgehead atoms. The molecular formula is C19H11F3IN5O. The maximum absolute atomic E-state index is 13.9. The fourth-order valence-electron chi connectivity index (χ4n) is 2.89. The number of benzene rings is 1. The summed E-state index contributed by atoms with van der Waals surface area (Å²) in [5, 5.41) is 7.47. The van der Waals surface area contributed by atoms with E-state index in [-0.39, 0.29) is 11.4 Å². The highest BCUT2D eigenvalue weighted by Gasteiger charge is 2.41. The zero-order valence-corrected chi connectivity index (χ0v) is 16.6. The molecular weight excluding hydrogens is 498 g/mol. The molecule has 0 unspecified atom stereocenters. The average molecular weight is 509 g/mol. The minimum Gasteiger partial charge on any atom is -0.320 e. The molecule has 10 heteroatoms. The molecule has 4 aromatic rings. The number of hydrogen-bond acceptors (Lipinski definition) is 4. The summed E-state index contributed by atoms with van der Waals surface area (Å²) in [5.74, 6) is -0.931. The second-order valence-corrected chi connectivity index (χ2v) is 7.13. The lowest BCUT2D eigenvalue weighted by Gasteiger charge is -2.14. The van der Waals surface area contributed by atoms with Crippen molar-refractivity contribution in [1.82, 2.24) is 19.7 Å². The Labute approximate surface area is 175 Å². The standard InChI is InChI=1S/C19H11F3IN5O/c20-19(21,22)17-14(18(29)27-12-5-6-16(23)25-8-12)9-26-28(17)15-10-24-7-11-3-1-2-4-13(11)15/h1-10H,(H,27,29). The topological polar surface area (TPSA) is 72.7 Å². The predicted octanol–water partition coefficient (Wildman–Crippen LogP) is 4.69. The fourth-order valence-corrected chi connectivity index (χ4v) is 3.21. The minimum atomic E-state index is -4.82. The van der Waals surface area contributed by atoms with Crippen molar-refractivity contribution >= 4 is 45.0 Å². The van der Waals surface area contributed by atoms with E-state index < -0.39 is 23.3 Å². The van der Waals surface area contributed by atoms with Gasteiger partial charge >= 0.3 is 6.18 Å². The van der Waals surface area contributed by atoms with Crippen LogP contribution in [-0.2, 0) is 6.18 Å². The van der Waals surface area contributed by atoms with Crippen molar-refractivity contribution < 1.29 is 18.0 Å². The smallest absolute Gasteiger partial charge is 0.320 e. The summed E-state index contributed by atoms with van der Waals surface area (Å²) in [6.45, 7) is 0. The van der Waals surface area contributed by atoms with Crippen LogP contribution in [0.3, 0.4) is 0 Å². The third-order valence-corrected chi connectivity index (χ3v) is 4.78. The normalized spacial score (nSPS) is 11.6. The number of nitrogens with one attached hydrogen (secondary N) is 1. The number of anilines is 1. The maximum atomic E-state index is 13.9. The number of fused-ring (bicyclic) bond motifs is 1. The van der Waals surface area contributed by atoms with Gasteiger partial charge in [0.15, 0.2) is 5.69 Å². The molecule has 0 saturated carbocycles.